The smallest absolute Gasteiger partial charge is 0.353 e. The van der Waals surface area contributed by atoms with Gasteiger partial charge in [0, 0.05) is 40.6 Å². The molecule has 0 bridgehead atoms. The number of rotatable bonds is 9. The average molecular weight is 525 g/mol. The number of hydrogen-bond donors (Lipinski definition) is 5. The van der Waals surface area contributed by atoms with E-state index in [-0.39, 0.29) is 40.6 Å². The van der Waals surface area contributed by atoms with Crippen LogP contribution in [0.4, 0.5) is 5.13 Å². The van der Waals surface area contributed by atoms with E-state index in [1.54, 1.807) is 12.3 Å². The fraction of sp³-hybridized carbons (Fsp3) is 0.571. The molecule has 6 atom stereocenters. The molecule has 0 aliphatic carbocycles. The molecule has 2 saturated heterocycles. The molecule has 6 N–H and O–H groups in total. The Morgan fingerprint density at radius 1 is 1.51 bits per heavy atom. The number of thiazole rings is 1. The Hall–Kier alpha value is -2.68. The minimum atomic E-state index is -1.14. The molecule has 14 heteroatoms. The highest BCUT2D eigenvalue weighted by molar-refractivity contribution is 8.03. The van der Waals surface area contributed by atoms with E-state index in [0.29, 0.717) is 35.2 Å². The van der Waals surface area contributed by atoms with Crippen LogP contribution in [0.3, 0.4) is 0 Å². The standard InChI is InChI=1S/C21H28N6O6S2/c1-8-15-13(9(2)28)19(30)27(15)16(20(31)32)17(8)35-11-4-10(23-6-11)5-24-18(29)14(26-33-3)12-7-34-21(22)25-12/h7-11,13,15,23,28H,4-6H2,1-3H3,(H2,22,25)(H,24,29)(H,31,32)/b26-14+/t8?,9-,10+,11+,13-,15-/m1/s1. The summed E-state index contributed by atoms with van der Waals surface area (Å²) in [6.07, 6.45) is -0.147. The summed E-state index contributed by atoms with van der Waals surface area (Å²) in [6.45, 7) is 4.41. The number of carbonyl (C=O) groups excluding carboxylic acids is 2. The van der Waals surface area contributed by atoms with Crippen molar-refractivity contribution in [3.05, 3.63) is 21.7 Å². The van der Waals surface area contributed by atoms with Crippen molar-refractivity contribution < 1.29 is 29.4 Å². The van der Waals surface area contributed by atoms with E-state index in [1.807, 2.05) is 6.92 Å². The zero-order valence-electron chi connectivity index (χ0n) is 19.4. The molecule has 3 aliphatic heterocycles. The quantitative estimate of drug-likeness (QED) is 0.165. The number of β-lactam (4-membered cyclic amide) rings is 1. The van der Waals surface area contributed by atoms with E-state index in [4.69, 9.17) is 10.6 Å². The molecule has 1 unspecified atom stereocenters. The van der Waals surface area contributed by atoms with Crippen LogP contribution in [-0.2, 0) is 19.2 Å². The van der Waals surface area contributed by atoms with Gasteiger partial charge in [0.15, 0.2) is 10.8 Å². The largest absolute Gasteiger partial charge is 0.477 e. The maximum atomic E-state index is 12.7. The molecule has 1 aromatic rings. The van der Waals surface area contributed by atoms with Crippen LogP contribution >= 0.6 is 23.1 Å². The Morgan fingerprint density at radius 3 is 2.86 bits per heavy atom. The Bertz CT molecular complexity index is 1090. The number of aliphatic carboxylic acids is 1. The first kappa shape index (κ1) is 25.4. The number of nitrogens with one attached hydrogen (secondary N) is 2. The zero-order valence-corrected chi connectivity index (χ0v) is 21.1. The van der Waals surface area contributed by atoms with E-state index in [0.717, 1.165) is 0 Å². The zero-order chi connectivity index (χ0) is 25.4. The lowest BCUT2D eigenvalue weighted by Gasteiger charge is -2.46. The topological polar surface area (TPSA) is 179 Å². The van der Waals surface area contributed by atoms with E-state index in [9.17, 15) is 24.6 Å². The maximum absolute atomic E-state index is 12.7. The SMILES string of the molecule is CO/N=C(/C(=O)NC[C@@H]1C[C@H](SC2=C(C(=O)O)N3C(=O)[C@H]([C@@H](C)O)[C@H]3C2C)CN1)c1csc(N)n1. The molecule has 4 rings (SSSR count). The van der Waals surface area contributed by atoms with E-state index < -0.39 is 23.9 Å². The number of fused-ring (bicyclic) bond motifs is 1. The second kappa shape index (κ2) is 10.1. The van der Waals surface area contributed by atoms with Crippen molar-refractivity contribution in [2.45, 2.75) is 43.7 Å². The number of amides is 2. The molecule has 0 radical (unpaired) electrons. The monoisotopic (exact) mass is 524 g/mol. The Labute approximate surface area is 210 Å². The fourth-order valence-corrected chi connectivity index (χ4v) is 6.94. The highest BCUT2D eigenvalue weighted by Crippen LogP contribution is 2.51. The van der Waals surface area contributed by atoms with Crippen LogP contribution in [0.15, 0.2) is 21.1 Å². The van der Waals surface area contributed by atoms with E-state index in [1.165, 1.54) is 35.1 Å². The van der Waals surface area contributed by atoms with Crippen LogP contribution in [0.25, 0.3) is 0 Å². The third-order valence-corrected chi connectivity index (χ3v) is 8.64. The number of thioether (sulfide) groups is 1. The van der Waals surface area contributed by atoms with Crippen molar-refractivity contribution >= 4 is 51.7 Å². The minimum absolute atomic E-state index is 0.0223. The second-order valence-electron chi connectivity index (χ2n) is 8.76. The normalized spacial score (nSPS) is 29.1. The average Bonchev–Trinajstić information content (AvgIpc) is 3.48. The Kier molecular flexibility index (Phi) is 7.35. The summed E-state index contributed by atoms with van der Waals surface area (Å²) in [5.74, 6) is -2.69. The summed E-state index contributed by atoms with van der Waals surface area (Å²) in [7, 11) is 1.34. The molecule has 190 valence electrons. The first-order valence-corrected chi connectivity index (χ1v) is 12.9. The molecule has 3 aliphatic rings. The van der Waals surface area contributed by atoms with Gasteiger partial charge in [-0.3, -0.25) is 9.59 Å². The summed E-state index contributed by atoms with van der Waals surface area (Å²) < 4.78 is 0. The second-order valence-corrected chi connectivity index (χ2v) is 11.0. The third kappa shape index (κ3) is 4.75. The molecular formula is C21H28N6O6S2. The maximum Gasteiger partial charge on any atom is 0.353 e. The van der Waals surface area contributed by atoms with Gasteiger partial charge in [0.25, 0.3) is 5.91 Å². The number of carboxylic acid groups (broad SMARTS) is 1. The van der Waals surface area contributed by atoms with E-state index >= 15 is 0 Å². The number of anilines is 1. The van der Waals surface area contributed by atoms with Gasteiger partial charge in [0.2, 0.25) is 5.91 Å². The van der Waals surface area contributed by atoms with Crippen molar-refractivity contribution in [1.82, 2.24) is 20.5 Å². The first-order chi connectivity index (χ1) is 16.6. The third-order valence-electron chi connectivity index (χ3n) is 6.46. The number of nitrogens with two attached hydrogens (primary N) is 1. The lowest BCUT2D eigenvalue weighted by Crippen LogP contribution is -2.63. The molecule has 4 heterocycles. The molecule has 2 amide bonds. The van der Waals surface area contributed by atoms with Crippen LogP contribution in [0.2, 0.25) is 0 Å². The summed E-state index contributed by atoms with van der Waals surface area (Å²) in [6, 6.07) is -0.367. The van der Waals surface area contributed by atoms with Gasteiger partial charge in [-0.15, -0.1) is 23.1 Å². The van der Waals surface area contributed by atoms with Gasteiger partial charge < -0.3 is 36.3 Å². The number of aromatic nitrogens is 1. The van der Waals surface area contributed by atoms with Gasteiger partial charge in [-0.25, -0.2) is 9.78 Å². The van der Waals surface area contributed by atoms with Crippen molar-refractivity contribution in [2.24, 2.45) is 17.0 Å². The Balaban J connectivity index is 1.37. The van der Waals surface area contributed by atoms with Crippen molar-refractivity contribution in [1.29, 1.82) is 0 Å². The number of carboxylic acids is 1. The lowest BCUT2D eigenvalue weighted by atomic mass is 9.79. The van der Waals surface area contributed by atoms with Crippen LogP contribution in [0.5, 0.6) is 0 Å². The summed E-state index contributed by atoms with van der Waals surface area (Å²) >= 11 is 2.65. The lowest BCUT2D eigenvalue weighted by molar-refractivity contribution is -0.163. The summed E-state index contributed by atoms with van der Waals surface area (Å²) in [5, 5.41) is 31.8. The molecule has 12 nitrogen and oxygen atoms in total. The minimum Gasteiger partial charge on any atom is -0.477 e. The fourth-order valence-electron chi connectivity index (χ4n) is 4.88. The number of aliphatic hydroxyl groups is 1. The van der Waals surface area contributed by atoms with Crippen molar-refractivity contribution in [2.75, 3.05) is 25.9 Å². The number of carbonyl (C=O) groups is 3. The number of hydrogen-bond acceptors (Lipinski definition) is 11. The van der Waals surface area contributed by atoms with Gasteiger partial charge in [-0.05, 0) is 13.3 Å². The molecule has 35 heavy (non-hydrogen) atoms. The van der Waals surface area contributed by atoms with Gasteiger partial charge >= 0.3 is 5.97 Å². The number of aliphatic hydroxyl groups excluding tert-OH is 1. The van der Waals surface area contributed by atoms with Crippen LogP contribution < -0.4 is 16.4 Å². The van der Waals surface area contributed by atoms with Gasteiger partial charge in [0.05, 0.1) is 18.1 Å². The molecule has 0 saturated carbocycles. The van der Waals surface area contributed by atoms with Gasteiger partial charge in [-0.1, -0.05) is 12.1 Å². The summed E-state index contributed by atoms with van der Waals surface area (Å²) in [4.78, 5) is 48.0. The Morgan fingerprint density at radius 2 is 2.26 bits per heavy atom. The highest BCUT2D eigenvalue weighted by Gasteiger charge is 2.60. The van der Waals surface area contributed by atoms with Gasteiger partial charge in [0.1, 0.15) is 18.5 Å². The number of oxime groups is 1. The molecule has 0 aromatic carbocycles. The predicted octanol–water partition coefficient (Wildman–Crippen LogP) is -0.191. The molecule has 0 spiro atoms. The van der Waals surface area contributed by atoms with Gasteiger partial charge in [-0.2, -0.15) is 0 Å². The predicted molar refractivity (Wildman–Crippen MR) is 130 cm³/mol. The number of nitrogens with zero attached hydrogens (tertiary/aromatic N) is 3. The highest BCUT2D eigenvalue weighted by atomic mass is 32.2. The molecule has 2 fully saturated rings. The van der Waals surface area contributed by atoms with Crippen LogP contribution in [0.1, 0.15) is 26.0 Å². The van der Waals surface area contributed by atoms with Crippen molar-refractivity contribution in [3.63, 3.8) is 0 Å². The number of nitrogen functional groups attached to an aromatic ring is 1. The van der Waals surface area contributed by atoms with Crippen molar-refractivity contribution in [3.8, 4) is 0 Å². The molecule has 1 aromatic heterocycles. The summed E-state index contributed by atoms with van der Waals surface area (Å²) in [5.41, 5.74) is 6.03. The van der Waals surface area contributed by atoms with Crippen LogP contribution in [-0.4, -0.2) is 87.2 Å². The van der Waals surface area contributed by atoms with Crippen LogP contribution in [0, 0.1) is 11.8 Å². The first-order valence-electron chi connectivity index (χ1n) is 11.1. The molecular weight excluding hydrogens is 496 g/mol. The van der Waals surface area contributed by atoms with E-state index in [2.05, 4.69) is 20.8 Å².